The molecule has 3 heteroatoms. The maximum Gasteiger partial charge on any atom is 0.221 e. The van der Waals surface area contributed by atoms with Gasteiger partial charge in [-0.15, -0.1) is 0 Å². The third kappa shape index (κ3) is 4.83. The molecule has 3 aliphatic rings. The Morgan fingerprint density at radius 2 is 1.69 bits per heavy atom. The van der Waals surface area contributed by atoms with Crippen molar-refractivity contribution < 1.29 is 8.96 Å². The summed E-state index contributed by atoms with van der Waals surface area (Å²) >= 11 is 0. The first-order chi connectivity index (χ1) is 23.7. The van der Waals surface area contributed by atoms with Crippen LogP contribution in [0.3, 0.4) is 0 Å². The second kappa shape index (κ2) is 12.0. The second-order valence-electron chi connectivity index (χ2n) is 15.4. The monoisotopic (exact) mass is 649 g/mol. The molecule has 0 saturated carbocycles. The molecule has 0 N–H and O–H groups in total. The van der Waals surface area contributed by atoms with Gasteiger partial charge in [0, 0.05) is 66.1 Å². The fourth-order valence-electron chi connectivity index (χ4n) is 9.72. The summed E-state index contributed by atoms with van der Waals surface area (Å²) in [5.74, 6) is 0.131. The molecule has 0 amide bonds. The van der Waals surface area contributed by atoms with Crippen molar-refractivity contribution in [2.75, 3.05) is 13.1 Å². The number of halogens is 1. The maximum atomic E-state index is 16.6. The molecule has 1 unspecified atom stereocenters. The summed E-state index contributed by atoms with van der Waals surface area (Å²) in [6.45, 7) is 15.5. The lowest BCUT2D eigenvalue weighted by Crippen LogP contribution is -2.57. The molecule has 0 fully saturated rings. The highest BCUT2D eigenvalue weighted by atomic mass is 19.1. The zero-order chi connectivity index (χ0) is 34.1. The molecule has 3 heterocycles. The first-order valence-electron chi connectivity index (χ1n) is 18.7. The molecule has 0 spiro atoms. The van der Waals surface area contributed by atoms with Gasteiger partial charge in [-0.25, -0.2) is 4.39 Å². The molecular formula is C46H50FN2+. The van der Waals surface area contributed by atoms with E-state index in [0.29, 0.717) is 0 Å². The number of aryl methyl sites for hydroxylation is 2. The summed E-state index contributed by atoms with van der Waals surface area (Å²) in [7, 11) is 0. The van der Waals surface area contributed by atoms with Crippen LogP contribution in [0.4, 0.5) is 4.39 Å². The largest absolute Gasteiger partial charge is 0.366 e. The number of benzene rings is 4. The number of fused-ring (bicyclic) bond motifs is 1. The topological polar surface area (TPSA) is 7.12 Å². The van der Waals surface area contributed by atoms with Crippen LogP contribution in [0.5, 0.6) is 0 Å². The normalized spacial score (nSPS) is 18.2. The minimum atomic E-state index is -0.464. The molecule has 8 rings (SSSR count). The number of aromatic nitrogens is 1. The third-order valence-electron chi connectivity index (χ3n) is 12.4. The molecule has 0 bridgehead atoms. The van der Waals surface area contributed by atoms with E-state index in [1.54, 1.807) is 6.07 Å². The highest BCUT2D eigenvalue weighted by Crippen LogP contribution is 2.54. The third-order valence-corrected chi connectivity index (χ3v) is 12.4. The minimum Gasteiger partial charge on any atom is -0.366 e. The van der Waals surface area contributed by atoms with Crippen molar-refractivity contribution in [2.24, 2.45) is 0 Å². The van der Waals surface area contributed by atoms with Crippen molar-refractivity contribution in [3.05, 3.63) is 135 Å². The van der Waals surface area contributed by atoms with E-state index in [4.69, 9.17) is 0 Å². The molecular weight excluding hydrogens is 600 g/mol. The van der Waals surface area contributed by atoms with Crippen LogP contribution >= 0.6 is 0 Å². The molecule has 5 aromatic rings. The fraction of sp³-hybridized carbons (Fsp3) is 0.370. The van der Waals surface area contributed by atoms with Crippen LogP contribution in [-0.2, 0) is 17.4 Å². The Kier molecular flexibility index (Phi) is 7.82. The predicted octanol–water partition coefficient (Wildman–Crippen LogP) is 9.18. The molecule has 0 radical (unpaired) electrons. The molecule has 0 saturated heterocycles. The summed E-state index contributed by atoms with van der Waals surface area (Å²) < 4.78 is 19.2. The summed E-state index contributed by atoms with van der Waals surface area (Å²) in [6, 6.07) is 28.8. The van der Waals surface area contributed by atoms with Gasteiger partial charge in [-0.05, 0) is 58.7 Å². The highest BCUT2D eigenvalue weighted by molar-refractivity contribution is 6.01. The number of rotatable bonds is 8. The van der Waals surface area contributed by atoms with Gasteiger partial charge in [-0.3, -0.25) is 0 Å². The molecule has 1 aliphatic carbocycles. The van der Waals surface area contributed by atoms with Gasteiger partial charge in [0.05, 0.1) is 16.6 Å². The maximum absolute atomic E-state index is 16.6. The van der Waals surface area contributed by atoms with E-state index in [9.17, 15) is 0 Å². The Labute approximate surface area is 291 Å². The molecule has 49 heavy (non-hydrogen) atoms. The van der Waals surface area contributed by atoms with Crippen molar-refractivity contribution in [1.82, 2.24) is 4.90 Å². The van der Waals surface area contributed by atoms with Crippen LogP contribution in [-0.4, -0.2) is 18.0 Å². The van der Waals surface area contributed by atoms with Gasteiger partial charge in [0.1, 0.15) is 5.82 Å². The van der Waals surface area contributed by atoms with Crippen LogP contribution < -0.4 is 15.0 Å². The van der Waals surface area contributed by atoms with Gasteiger partial charge >= 0.3 is 0 Å². The number of unbranched alkanes of at least 4 members (excludes halogenated alkanes) is 1. The standard InChI is InChI=1S/C46H50FN2/c1-7-10-16-31-26-33-23-25-49-44-40(33)38(27-31)45(5,6)42-39(47)21-20-36(41(42)44)34(28-46(49,8-2)9-3)29-48-24-22-32-17-12-14-19-37(32)43(48)35-18-13-11-15-30(35)4/h11-15,17-23,25-27,34H,7-10,16,24,28-29H2,1-6H3/q+1. The number of pyridine rings is 1. The summed E-state index contributed by atoms with van der Waals surface area (Å²) in [5, 5.41) is 5.21. The average Bonchev–Trinajstić information content (AvgIpc) is 3.22. The Hall–Kier alpha value is -4.24. The zero-order valence-electron chi connectivity index (χ0n) is 30.2. The quantitative estimate of drug-likeness (QED) is 0.152. The van der Waals surface area contributed by atoms with E-state index >= 15 is 4.39 Å². The fourth-order valence-corrected chi connectivity index (χ4v) is 9.72. The van der Waals surface area contributed by atoms with Gasteiger partial charge in [0.2, 0.25) is 5.69 Å². The van der Waals surface area contributed by atoms with Gasteiger partial charge in [0.25, 0.3) is 0 Å². The number of nitrogens with zero attached hydrogens (tertiary/aromatic N) is 2. The Bertz CT molecular complexity index is 2240. The Morgan fingerprint density at radius 1 is 0.918 bits per heavy atom. The van der Waals surface area contributed by atoms with Gasteiger partial charge in [-0.1, -0.05) is 114 Å². The SMILES string of the molecule is CCCCc1cc2c3c4[n+](ccc3c1)C(CC)(CC)CC(CN1CC=c3ccccc3=C1c1ccccc1C)c1ccc(F)c(c1-4)C2(C)C. The van der Waals surface area contributed by atoms with Crippen LogP contribution in [0, 0.1) is 12.7 Å². The van der Waals surface area contributed by atoms with E-state index in [1.807, 2.05) is 0 Å². The van der Waals surface area contributed by atoms with Crippen LogP contribution in [0.2, 0.25) is 0 Å². The Morgan fingerprint density at radius 3 is 2.47 bits per heavy atom. The van der Waals surface area contributed by atoms with Crippen molar-refractivity contribution in [2.45, 2.75) is 96.9 Å². The van der Waals surface area contributed by atoms with Gasteiger partial charge in [0.15, 0.2) is 11.7 Å². The predicted molar refractivity (Wildman–Crippen MR) is 202 cm³/mol. The lowest BCUT2D eigenvalue weighted by molar-refractivity contribution is -0.756. The smallest absolute Gasteiger partial charge is 0.221 e. The number of hydrogen-bond donors (Lipinski definition) is 0. The van der Waals surface area contributed by atoms with Crippen LogP contribution in [0.1, 0.15) is 106 Å². The highest BCUT2D eigenvalue weighted by Gasteiger charge is 2.50. The molecule has 1 aromatic heterocycles. The van der Waals surface area contributed by atoms with Crippen molar-refractivity contribution in [3.63, 3.8) is 0 Å². The van der Waals surface area contributed by atoms with Crippen molar-refractivity contribution >= 4 is 22.5 Å². The second-order valence-corrected chi connectivity index (χ2v) is 15.4. The van der Waals surface area contributed by atoms with E-state index in [1.165, 1.54) is 60.4 Å². The summed E-state index contributed by atoms with van der Waals surface area (Å²) in [6.07, 6.45) is 11.2. The van der Waals surface area contributed by atoms with E-state index in [-0.39, 0.29) is 17.3 Å². The molecule has 250 valence electrons. The Balaban J connectivity index is 1.39. The molecule has 1 atom stereocenters. The zero-order valence-corrected chi connectivity index (χ0v) is 30.2. The summed E-state index contributed by atoms with van der Waals surface area (Å²) in [5.41, 5.74) is 10.5. The van der Waals surface area contributed by atoms with Crippen molar-refractivity contribution in [3.8, 4) is 11.3 Å². The number of hydrogen-bond acceptors (Lipinski definition) is 1. The van der Waals surface area contributed by atoms with E-state index in [0.717, 1.165) is 62.7 Å². The lowest BCUT2D eigenvalue weighted by atomic mass is 9.67. The van der Waals surface area contributed by atoms with E-state index < -0.39 is 5.41 Å². The first kappa shape index (κ1) is 32.0. The van der Waals surface area contributed by atoms with Crippen LogP contribution in [0.15, 0.2) is 85.1 Å². The molecule has 4 aromatic carbocycles. The van der Waals surface area contributed by atoms with Crippen molar-refractivity contribution in [1.29, 1.82) is 0 Å². The average molecular weight is 650 g/mol. The first-order valence-corrected chi connectivity index (χ1v) is 18.7. The minimum absolute atomic E-state index is 0.0800. The van der Waals surface area contributed by atoms with Crippen LogP contribution in [0.25, 0.3) is 33.8 Å². The van der Waals surface area contributed by atoms with Gasteiger partial charge in [-0.2, -0.15) is 4.57 Å². The summed E-state index contributed by atoms with van der Waals surface area (Å²) in [4.78, 5) is 2.62. The molecule has 2 aliphatic heterocycles. The van der Waals surface area contributed by atoms with E-state index in [2.05, 4.69) is 136 Å². The lowest BCUT2D eigenvalue weighted by Gasteiger charge is -2.36. The van der Waals surface area contributed by atoms with Gasteiger partial charge < -0.3 is 4.90 Å². The molecule has 2 nitrogen and oxygen atoms in total.